The lowest BCUT2D eigenvalue weighted by atomic mass is 10.3. The van der Waals surface area contributed by atoms with Crippen molar-refractivity contribution in [1.29, 1.82) is 0 Å². The molecule has 0 aliphatic rings. The third kappa shape index (κ3) is 6.35. The molecule has 0 atom stereocenters. The van der Waals surface area contributed by atoms with Gasteiger partial charge in [-0.1, -0.05) is 6.92 Å². The Kier molecular flexibility index (Phi) is 8.14. The van der Waals surface area contributed by atoms with Gasteiger partial charge in [0.05, 0.1) is 6.61 Å². The molecule has 0 unspecified atom stereocenters. The number of aliphatic hydroxyl groups excluding tert-OH is 1. The first-order valence-electron chi connectivity index (χ1n) is 5.65. The van der Waals surface area contributed by atoms with E-state index >= 15 is 0 Å². The molecule has 3 nitrogen and oxygen atoms in total. The highest BCUT2D eigenvalue weighted by atomic mass is 16.3. The predicted octanol–water partition coefficient (Wildman–Crippen LogP) is 1.03. The molecule has 0 aromatic rings. The van der Waals surface area contributed by atoms with Gasteiger partial charge in [0.2, 0.25) is 0 Å². The summed E-state index contributed by atoms with van der Waals surface area (Å²) >= 11 is 0. The van der Waals surface area contributed by atoms with Crippen molar-refractivity contribution in [2.24, 2.45) is 0 Å². The molecule has 1 N–H and O–H groups in total. The van der Waals surface area contributed by atoms with Gasteiger partial charge in [-0.2, -0.15) is 0 Å². The van der Waals surface area contributed by atoms with E-state index in [4.69, 9.17) is 5.11 Å². The van der Waals surface area contributed by atoms with Crippen LogP contribution in [0.25, 0.3) is 0 Å². The quantitative estimate of drug-likeness (QED) is 0.637. The minimum atomic E-state index is 0.269. The minimum Gasteiger partial charge on any atom is -0.395 e. The fourth-order valence-corrected chi connectivity index (χ4v) is 1.35. The molecule has 0 amide bonds. The van der Waals surface area contributed by atoms with Gasteiger partial charge in [0.1, 0.15) is 0 Å². The Labute approximate surface area is 88.7 Å². The van der Waals surface area contributed by atoms with Crippen LogP contribution in [0.1, 0.15) is 27.2 Å². The van der Waals surface area contributed by atoms with Gasteiger partial charge in [0, 0.05) is 25.7 Å². The zero-order chi connectivity index (χ0) is 11.0. The molecule has 3 heteroatoms. The Hall–Kier alpha value is -0.120. The molecule has 0 aliphatic carbocycles. The van der Waals surface area contributed by atoms with Crippen LogP contribution >= 0.6 is 0 Å². The highest BCUT2D eigenvalue weighted by Crippen LogP contribution is 1.96. The van der Waals surface area contributed by atoms with Crippen molar-refractivity contribution >= 4 is 0 Å². The summed E-state index contributed by atoms with van der Waals surface area (Å²) in [5.41, 5.74) is 0. The van der Waals surface area contributed by atoms with E-state index in [2.05, 4.69) is 37.6 Å². The molecule has 0 aromatic carbocycles. The Balaban J connectivity index is 3.68. The molecule has 0 spiro atoms. The molecule has 0 aromatic heterocycles. The van der Waals surface area contributed by atoms with E-state index in [9.17, 15) is 0 Å². The van der Waals surface area contributed by atoms with Crippen molar-refractivity contribution in [2.75, 3.05) is 39.8 Å². The zero-order valence-electron chi connectivity index (χ0n) is 10.2. The first-order valence-corrected chi connectivity index (χ1v) is 5.65. The number of hydrogen-bond acceptors (Lipinski definition) is 3. The van der Waals surface area contributed by atoms with Gasteiger partial charge in [0.25, 0.3) is 0 Å². The summed E-state index contributed by atoms with van der Waals surface area (Å²) in [6.45, 7) is 10.9. The summed E-state index contributed by atoms with van der Waals surface area (Å²) in [4.78, 5) is 4.65. The monoisotopic (exact) mass is 202 g/mol. The molecule has 0 rings (SSSR count). The highest BCUT2D eigenvalue weighted by molar-refractivity contribution is 4.62. The van der Waals surface area contributed by atoms with E-state index in [0.29, 0.717) is 6.04 Å². The molecule has 0 radical (unpaired) electrons. The second-order valence-electron chi connectivity index (χ2n) is 4.14. The average Bonchev–Trinajstić information content (AvgIpc) is 2.14. The maximum atomic E-state index is 8.88. The number of rotatable bonds is 8. The van der Waals surface area contributed by atoms with E-state index in [0.717, 1.165) is 32.6 Å². The van der Waals surface area contributed by atoms with Gasteiger partial charge in [-0.25, -0.2) is 0 Å². The maximum Gasteiger partial charge on any atom is 0.0558 e. The molecule has 0 bridgehead atoms. The number of likely N-dealkylation sites (N-methyl/N-ethyl adjacent to an activating group) is 1. The summed E-state index contributed by atoms with van der Waals surface area (Å²) in [5.74, 6) is 0. The molecule has 0 saturated carbocycles. The SMILES string of the molecule is CCCN(CCO)CCN(C)C(C)C. The zero-order valence-corrected chi connectivity index (χ0v) is 10.2. The molecule has 14 heavy (non-hydrogen) atoms. The summed E-state index contributed by atoms with van der Waals surface area (Å²) in [6, 6.07) is 0.604. The van der Waals surface area contributed by atoms with E-state index in [1.165, 1.54) is 0 Å². The Morgan fingerprint density at radius 3 is 2.14 bits per heavy atom. The van der Waals surface area contributed by atoms with Crippen molar-refractivity contribution in [3.63, 3.8) is 0 Å². The predicted molar refractivity (Wildman–Crippen MR) is 61.6 cm³/mol. The van der Waals surface area contributed by atoms with Crippen LogP contribution in [0.5, 0.6) is 0 Å². The van der Waals surface area contributed by atoms with E-state index in [1.54, 1.807) is 0 Å². The Morgan fingerprint density at radius 2 is 1.71 bits per heavy atom. The largest absolute Gasteiger partial charge is 0.395 e. The second-order valence-corrected chi connectivity index (χ2v) is 4.14. The normalized spacial score (nSPS) is 12.0. The van der Waals surface area contributed by atoms with Crippen LogP contribution in [0.4, 0.5) is 0 Å². The Bertz CT molecular complexity index is 122. The van der Waals surface area contributed by atoms with Crippen LogP contribution in [0.2, 0.25) is 0 Å². The van der Waals surface area contributed by atoms with Gasteiger partial charge in [-0.3, -0.25) is 4.90 Å². The second kappa shape index (κ2) is 8.21. The van der Waals surface area contributed by atoms with Crippen molar-refractivity contribution in [3.8, 4) is 0 Å². The van der Waals surface area contributed by atoms with E-state index in [1.807, 2.05) is 0 Å². The van der Waals surface area contributed by atoms with Gasteiger partial charge in [0.15, 0.2) is 0 Å². The maximum absolute atomic E-state index is 8.88. The number of hydrogen-bond donors (Lipinski definition) is 1. The lowest BCUT2D eigenvalue weighted by Gasteiger charge is -2.26. The Morgan fingerprint density at radius 1 is 1.07 bits per heavy atom. The van der Waals surface area contributed by atoms with Crippen LogP contribution in [0, 0.1) is 0 Å². The first kappa shape index (κ1) is 13.9. The van der Waals surface area contributed by atoms with Crippen LogP contribution in [0.15, 0.2) is 0 Å². The van der Waals surface area contributed by atoms with Crippen molar-refractivity contribution < 1.29 is 5.11 Å². The lowest BCUT2D eigenvalue weighted by molar-refractivity contribution is 0.168. The average molecular weight is 202 g/mol. The van der Waals surface area contributed by atoms with Crippen LogP contribution < -0.4 is 0 Å². The van der Waals surface area contributed by atoms with Gasteiger partial charge >= 0.3 is 0 Å². The summed E-state index contributed by atoms with van der Waals surface area (Å²) in [5, 5.41) is 8.88. The van der Waals surface area contributed by atoms with Gasteiger partial charge < -0.3 is 10.0 Å². The summed E-state index contributed by atoms with van der Waals surface area (Å²) < 4.78 is 0. The fourth-order valence-electron chi connectivity index (χ4n) is 1.35. The van der Waals surface area contributed by atoms with Crippen molar-refractivity contribution in [3.05, 3.63) is 0 Å². The molecule has 86 valence electrons. The van der Waals surface area contributed by atoms with Gasteiger partial charge in [-0.15, -0.1) is 0 Å². The standard InChI is InChI=1S/C11H26N2O/c1-5-6-13(9-10-14)8-7-12(4)11(2)3/h11,14H,5-10H2,1-4H3. The first-order chi connectivity index (χ1) is 6.61. The lowest BCUT2D eigenvalue weighted by Crippen LogP contribution is -2.37. The minimum absolute atomic E-state index is 0.269. The molecule has 0 heterocycles. The molecular weight excluding hydrogens is 176 g/mol. The van der Waals surface area contributed by atoms with Crippen LogP contribution in [0.3, 0.4) is 0 Å². The van der Waals surface area contributed by atoms with E-state index in [-0.39, 0.29) is 6.61 Å². The van der Waals surface area contributed by atoms with Crippen molar-refractivity contribution in [1.82, 2.24) is 9.80 Å². The third-order valence-electron chi connectivity index (χ3n) is 2.61. The molecule has 0 saturated heterocycles. The molecule has 0 fully saturated rings. The highest BCUT2D eigenvalue weighted by Gasteiger charge is 2.06. The van der Waals surface area contributed by atoms with E-state index < -0.39 is 0 Å². The van der Waals surface area contributed by atoms with Crippen LogP contribution in [-0.2, 0) is 0 Å². The molecular formula is C11H26N2O. The number of nitrogens with zero attached hydrogens (tertiary/aromatic N) is 2. The smallest absolute Gasteiger partial charge is 0.0558 e. The third-order valence-corrected chi connectivity index (χ3v) is 2.61. The fraction of sp³-hybridized carbons (Fsp3) is 1.00. The summed E-state index contributed by atoms with van der Waals surface area (Å²) in [6.07, 6.45) is 1.16. The summed E-state index contributed by atoms with van der Waals surface area (Å²) in [7, 11) is 2.15. The van der Waals surface area contributed by atoms with Crippen LogP contribution in [-0.4, -0.2) is 60.8 Å². The van der Waals surface area contributed by atoms with Crippen molar-refractivity contribution in [2.45, 2.75) is 33.2 Å². The van der Waals surface area contributed by atoms with Gasteiger partial charge in [-0.05, 0) is 33.9 Å². The number of aliphatic hydroxyl groups is 1. The molecule has 0 aliphatic heterocycles. The topological polar surface area (TPSA) is 26.7 Å².